The van der Waals surface area contributed by atoms with E-state index >= 15 is 0 Å². The van der Waals surface area contributed by atoms with E-state index in [-0.39, 0.29) is 11.3 Å². The van der Waals surface area contributed by atoms with E-state index in [0.717, 1.165) is 11.1 Å². The third-order valence-electron chi connectivity index (χ3n) is 5.37. The summed E-state index contributed by atoms with van der Waals surface area (Å²) in [6, 6.07) is 21.3. The number of nitrogens with one attached hydrogen (secondary N) is 1. The molecule has 0 saturated carbocycles. The first-order valence-electron chi connectivity index (χ1n) is 10.7. The van der Waals surface area contributed by atoms with E-state index in [1.54, 1.807) is 12.1 Å². The van der Waals surface area contributed by atoms with Gasteiger partial charge in [0.05, 0.1) is 23.7 Å². The van der Waals surface area contributed by atoms with Crippen LogP contribution in [0.2, 0.25) is 0 Å². The van der Waals surface area contributed by atoms with Gasteiger partial charge in [0.25, 0.3) is 11.6 Å². The summed E-state index contributed by atoms with van der Waals surface area (Å²) in [7, 11) is 0. The highest BCUT2D eigenvalue weighted by atomic mass is 16.6. The number of hydrogen-bond donors (Lipinski definition) is 1. The first-order valence-corrected chi connectivity index (χ1v) is 10.7. The quantitative estimate of drug-likeness (QED) is 0.323. The number of amides is 1. The summed E-state index contributed by atoms with van der Waals surface area (Å²) in [4.78, 5) is 37.5. The predicted octanol–water partition coefficient (Wildman–Crippen LogP) is 3.89. The molecule has 0 atom stereocenters. The first kappa shape index (κ1) is 22.9. The largest absolute Gasteiger partial charge is 0.452 e. The number of benzene rings is 3. The van der Waals surface area contributed by atoms with Crippen LogP contribution in [0.1, 0.15) is 10.4 Å². The zero-order valence-electron chi connectivity index (χ0n) is 18.3. The van der Waals surface area contributed by atoms with Crippen molar-refractivity contribution in [2.75, 3.05) is 43.1 Å². The van der Waals surface area contributed by atoms with Gasteiger partial charge < -0.3 is 19.7 Å². The third-order valence-corrected chi connectivity index (χ3v) is 5.37. The van der Waals surface area contributed by atoms with E-state index in [1.165, 1.54) is 18.2 Å². The molecule has 3 aromatic carbocycles. The maximum Gasteiger partial charge on any atom is 0.338 e. The molecule has 9 nitrogen and oxygen atoms in total. The molecule has 1 aliphatic rings. The van der Waals surface area contributed by atoms with Gasteiger partial charge in [-0.25, -0.2) is 4.79 Å². The van der Waals surface area contributed by atoms with Crippen LogP contribution in [0.4, 0.5) is 17.1 Å². The smallest absolute Gasteiger partial charge is 0.338 e. The highest BCUT2D eigenvalue weighted by Crippen LogP contribution is 2.30. The molecule has 174 valence electrons. The lowest BCUT2D eigenvalue weighted by molar-refractivity contribution is -0.384. The van der Waals surface area contributed by atoms with Crippen molar-refractivity contribution in [1.29, 1.82) is 0 Å². The molecule has 1 N–H and O–H groups in total. The summed E-state index contributed by atoms with van der Waals surface area (Å²) in [5.41, 5.74) is 2.85. The maximum absolute atomic E-state index is 12.4. The minimum Gasteiger partial charge on any atom is -0.452 e. The number of ether oxygens (including phenoxy) is 2. The Hall–Kier alpha value is -4.24. The van der Waals surface area contributed by atoms with E-state index in [0.29, 0.717) is 37.7 Å². The van der Waals surface area contributed by atoms with E-state index in [2.05, 4.69) is 5.32 Å². The van der Waals surface area contributed by atoms with Crippen LogP contribution >= 0.6 is 0 Å². The number of nitrogens with zero attached hydrogens (tertiary/aromatic N) is 2. The molecule has 4 rings (SSSR count). The number of rotatable bonds is 7. The van der Waals surface area contributed by atoms with E-state index in [9.17, 15) is 19.7 Å². The number of carbonyl (C=O) groups excluding carboxylic acids is 2. The molecule has 1 fully saturated rings. The fourth-order valence-corrected chi connectivity index (χ4v) is 3.66. The van der Waals surface area contributed by atoms with E-state index in [4.69, 9.17) is 9.47 Å². The lowest BCUT2D eigenvalue weighted by Gasteiger charge is -2.28. The average molecular weight is 461 g/mol. The van der Waals surface area contributed by atoms with Crippen molar-refractivity contribution < 1.29 is 24.0 Å². The summed E-state index contributed by atoms with van der Waals surface area (Å²) in [6.45, 7) is 1.49. The highest BCUT2D eigenvalue weighted by molar-refractivity contribution is 5.96. The molecule has 0 radical (unpaired) electrons. The van der Waals surface area contributed by atoms with Crippen molar-refractivity contribution in [2.24, 2.45) is 0 Å². The van der Waals surface area contributed by atoms with Gasteiger partial charge in [0, 0.05) is 24.8 Å². The second kappa shape index (κ2) is 10.6. The summed E-state index contributed by atoms with van der Waals surface area (Å²) < 4.78 is 10.4. The Morgan fingerprint density at radius 3 is 2.32 bits per heavy atom. The standard InChI is InChI=1S/C25H23N3O6/c29-24(26-21-9-6-19(7-10-21)18-4-2-1-3-5-18)17-34-25(30)20-8-11-22(23(16-20)28(31)32)27-12-14-33-15-13-27/h1-11,16H,12-15,17H2,(H,26,29). The number of nitro benzene ring substituents is 1. The summed E-state index contributed by atoms with van der Waals surface area (Å²) in [5, 5.41) is 14.2. The lowest BCUT2D eigenvalue weighted by atomic mass is 10.1. The van der Waals surface area contributed by atoms with Gasteiger partial charge in [-0.3, -0.25) is 14.9 Å². The molecular formula is C25H23N3O6. The van der Waals surface area contributed by atoms with Crippen molar-refractivity contribution in [3.63, 3.8) is 0 Å². The molecule has 1 aliphatic heterocycles. The van der Waals surface area contributed by atoms with E-state index in [1.807, 2.05) is 47.4 Å². The number of esters is 1. The second-order valence-electron chi connectivity index (χ2n) is 7.63. The van der Waals surface area contributed by atoms with Crippen molar-refractivity contribution in [1.82, 2.24) is 0 Å². The Balaban J connectivity index is 1.35. The fourth-order valence-electron chi connectivity index (χ4n) is 3.66. The normalized spacial score (nSPS) is 13.2. The van der Waals surface area contributed by atoms with Crippen LogP contribution in [0, 0.1) is 10.1 Å². The second-order valence-corrected chi connectivity index (χ2v) is 7.63. The number of morpholine rings is 1. The number of carbonyl (C=O) groups is 2. The number of hydrogen-bond acceptors (Lipinski definition) is 7. The Morgan fingerprint density at radius 2 is 1.65 bits per heavy atom. The highest BCUT2D eigenvalue weighted by Gasteiger charge is 2.24. The molecule has 3 aromatic rings. The molecule has 1 amide bonds. The monoisotopic (exact) mass is 461 g/mol. The van der Waals surface area contributed by atoms with Crippen LogP contribution < -0.4 is 10.2 Å². The first-order chi connectivity index (χ1) is 16.5. The SMILES string of the molecule is O=C(COC(=O)c1ccc(N2CCOCC2)c([N+](=O)[O-])c1)Nc1ccc(-c2ccccc2)cc1. The van der Waals surface area contributed by atoms with Crippen molar-refractivity contribution >= 4 is 28.9 Å². The average Bonchev–Trinajstić information content (AvgIpc) is 2.88. The molecular weight excluding hydrogens is 438 g/mol. The molecule has 1 heterocycles. The van der Waals surface area contributed by atoms with Gasteiger partial charge in [-0.2, -0.15) is 0 Å². The number of anilines is 2. The Morgan fingerprint density at radius 1 is 0.971 bits per heavy atom. The zero-order chi connectivity index (χ0) is 23.9. The zero-order valence-corrected chi connectivity index (χ0v) is 18.3. The van der Waals surface area contributed by atoms with Gasteiger partial charge in [-0.15, -0.1) is 0 Å². The topological polar surface area (TPSA) is 111 Å². The van der Waals surface area contributed by atoms with Crippen molar-refractivity contribution in [3.8, 4) is 11.1 Å². The Labute approximate surface area is 196 Å². The summed E-state index contributed by atoms with van der Waals surface area (Å²) in [6.07, 6.45) is 0. The van der Waals surface area contributed by atoms with Crippen LogP contribution in [0.25, 0.3) is 11.1 Å². The maximum atomic E-state index is 12.4. The molecule has 1 saturated heterocycles. The molecule has 0 spiro atoms. The molecule has 34 heavy (non-hydrogen) atoms. The van der Waals surface area contributed by atoms with E-state index < -0.39 is 23.4 Å². The third kappa shape index (κ3) is 5.57. The summed E-state index contributed by atoms with van der Waals surface area (Å²) in [5.74, 6) is -1.33. The fraction of sp³-hybridized carbons (Fsp3) is 0.200. The molecule has 9 heteroatoms. The lowest BCUT2D eigenvalue weighted by Crippen LogP contribution is -2.36. The Bertz CT molecular complexity index is 1180. The van der Waals surface area contributed by atoms with Gasteiger partial charge in [-0.1, -0.05) is 42.5 Å². The Kier molecular flexibility index (Phi) is 7.14. The molecule has 0 unspecified atom stereocenters. The van der Waals surface area contributed by atoms with Crippen LogP contribution in [0.15, 0.2) is 72.8 Å². The molecule has 0 aromatic heterocycles. The van der Waals surface area contributed by atoms with Crippen molar-refractivity contribution in [2.45, 2.75) is 0 Å². The minimum absolute atomic E-state index is 0.00345. The van der Waals surface area contributed by atoms with Gasteiger partial charge in [0.1, 0.15) is 5.69 Å². The van der Waals surface area contributed by atoms with Gasteiger partial charge in [0.15, 0.2) is 6.61 Å². The van der Waals surface area contributed by atoms with Crippen LogP contribution in [0.3, 0.4) is 0 Å². The van der Waals surface area contributed by atoms with Gasteiger partial charge in [0.2, 0.25) is 0 Å². The number of nitro groups is 1. The molecule has 0 aliphatic carbocycles. The van der Waals surface area contributed by atoms with Crippen LogP contribution in [-0.4, -0.2) is 49.7 Å². The van der Waals surface area contributed by atoms with Crippen LogP contribution in [-0.2, 0) is 14.3 Å². The van der Waals surface area contributed by atoms with Crippen LogP contribution in [0.5, 0.6) is 0 Å². The van der Waals surface area contributed by atoms with Gasteiger partial charge >= 0.3 is 5.97 Å². The molecule has 0 bridgehead atoms. The minimum atomic E-state index is -0.814. The van der Waals surface area contributed by atoms with Crippen molar-refractivity contribution in [3.05, 3.63) is 88.5 Å². The van der Waals surface area contributed by atoms with Gasteiger partial charge in [-0.05, 0) is 35.4 Å². The predicted molar refractivity (Wildman–Crippen MR) is 127 cm³/mol. The summed E-state index contributed by atoms with van der Waals surface area (Å²) >= 11 is 0.